The van der Waals surface area contributed by atoms with Crippen molar-refractivity contribution in [3.8, 4) is 0 Å². The first-order valence-electron chi connectivity index (χ1n) is 2.86. The van der Waals surface area contributed by atoms with E-state index in [9.17, 15) is 0 Å². The van der Waals surface area contributed by atoms with Gasteiger partial charge in [-0.25, -0.2) is 0 Å². The zero-order valence-electron chi connectivity index (χ0n) is 6.15. The molecule has 0 aromatic rings. The van der Waals surface area contributed by atoms with Crippen LogP contribution < -0.4 is 0 Å². The monoisotopic (exact) mass is 142 g/mol. The van der Waals surface area contributed by atoms with Crippen molar-refractivity contribution < 1.29 is 10.0 Å². The molecule has 0 bridgehead atoms. The van der Waals surface area contributed by atoms with Crippen molar-refractivity contribution in [3.63, 3.8) is 0 Å². The van der Waals surface area contributed by atoms with Crippen LogP contribution in [0.25, 0.3) is 0 Å². The summed E-state index contributed by atoms with van der Waals surface area (Å²) in [6, 6.07) is 0. The molecule has 56 valence electrons. The van der Waals surface area contributed by atoms with Gasteiger partial charge >= 0.3 is 7.12 Å². The fourth-order valence-corrected chi connectivity index (χ4v) is 0.585. The zero-order valence-corrected chi connectivity index (χ0v) is 6.15. The maximum absolute atomic E-state index is 8.67. The van der Waals surface area contributed by atoms with E-state index in [0.717, 1.165) is 0 Å². The summed E-state index contributed by atoms with van der Waals surface area (Å²) in [5, 5.41) is 22.1. The summed E-state index contributed by atoms with van der Waals surface area (Å²) < 4.78 is 0. The Balaban J connectivity index is 4.22. The van der Waals surface area contributed by atoms with Crippen molar-refractivity contribution in [3.05, 3.63) is 11.7 Å². The second kappa shape index (κ2) is 4.08. The Kier molecular flexibility index (Phi) is 3.75. The minimum Gasteiger partial charge on any atom is -0.422 e. The molecular weight excluding hydrogens is 131 g/mol. The third-order valence-electron chi connectivity index (χ3n) is 1.15. The average molecular weight is 142 g/mol. The highest BCUT2D eigenvalue weighted by Gasteiger charge is 2.16. The molecule has 0 atom stereocenters. The maximum atomic E-state index is 8.67. The molecule has 0 aliphatic rings. The van der Waals surface area contributed by atoms with Crippen molar-refractivity contribution in [1.29, 1.82) is 0 Å². The van der Waals surface area contributed by atoms with Crippen LogP contribution in [-0.2, 0) is 0 Å². The second-order valence-electron chi connectivity index (χ2n) is 1.75. The summed E-state index contributed by atoms with van der Waals surface area (Å²) in [5.74, 6) is 0. The van der Waals surface area contributed by atoms with Crippen LogP contribution in [0.1, 0.15) is 6.92 Å². The van der Waals surface area contributed by atoms with Crippen LogP contribution in [0.2, 0.25) is 0 Å². The molecule has 0 aliphatic heterocycles. The van der Waals surface area contributed by atoms with Crippen molar-refractivity contribution in [2.75, 3.05) is 7.05 Å². The molecule has 0 aromatic carbocycles. The van der Waals surface area contributed by atoms with Gasteiger partial charge in [0.05, 0.1) is 5.60 Å². The molecule has 0 saturated heterocycles. The lowest BCUT2D eigenvalue weighted by atomic mass is 9.85. The Morgan fingerprint density at radius 1 is 1.70 bits per heavy atom. The number of rotatable bonds is 3. The molecule has 0 aromatic heterocycles. The molecule has 0 heterocycles. The minimum atomic E-state index is -1.49. The molecule has 2 N–H and O–H groups in total. The Morgan fingerprint density at radius 3 is 2.30 bits per heavy atom. The molecule has 10 heavy (non-hydrogen) atoms. The summed E-state index contributed by atoms with van der Waals surface area (Å²) in [6.45, 7) is 4.92. The summed E-state index contributed by atoms with van der Waals surface area (Å²) in [6.07, 6.45) is 1.55. The van der Waals surface area contributed by atoms with E-state index in [1.165, 1.54) is 5.01 Å². The normalized spacial score (nSPS) is 11.0. The Labute approximate surface area is 60.6 Å². The summed E-state index contributed by atoms with van der Waals surface area (Å²) in [7, 11) is 0.0994. The van der Waals surface area contributed by atoms with E-state index in [4.69, 9.17) is 10.0 Å². The van der Waals surface area contributed by atoms with Gasteiger partial charge in [0.2, 0.25) is 0 Å². The van der Waals surface area contributed by atoms with Crippen molar-refractivity contribution in [2.24, 2.45) is 5.10 Å². The van der Waals surface area contributed by atoms with Gasteiger partial charge in [-0.2, -0.15) is 5.10 Å². The predicted molar refractivity (Wildman–Crippen MR) is 41.3 cm³/mol. The fourth-order valence-electron chi connectivity index (χ4n) is 0.585. The molecule has 5 heteroatoms. The SMILES string of the molecule is C=NN(C)/C(=C\C)B(O)O. The van der Waals surface area contributed by atoms with E-state index in [1.54, 1.807) is 20.0 Å². The van der Waals surface area contributed by atoms with Gasteiger partial charge < -0.3 is 10.0 Å². The third kappa shape index (κ3) is 2.20. The highest BCUT2D eigenvalue weighted by molar-refractivity contribution is 6.50. The van der Waals surface area contributed by atoms with Crippen molar-refractivity contribution >= 4 is 13.8 Å². The highest BCUT2D eigenvalue weighted by atomic mass is 16.4. The molecule has 0 unspecified atom stereocenters. The quantitative estimate of drug-likeness (QED) is 0.315. The molecule has 0 rings (SSSR count). The average Bonchev–Trinajstić information content (AvgIpc) is 1.88. The lowest BCUT2D eigenvalue weighted by Crippen LogP contribution is -2.26. The van der Waals surface area contributed by atoms with Crippen LogP contribution >= 0.6 is 0 Å². The largest absolute Gasteiger partial charge is 0.507 e. The van der Waals surface area contributed by atoms with E-state index >= 15 is 0 Å². The molecule has 0 spiro atoms. The first-order chi connectivity index (χ1) is 4.63. The van der Waals surface area contributed by atoms with E-state index in [1.807, 2.05) is 0 Å². The predicted octanol–water partition coefficient (Wildman–Crippen LogP) is -0.550. The van der Waals surface area contributed by atoms with Crippen LogP contribution in [0.15, 0.2) is 16.8 Å². The van der Waals surface area contributed by atoms with Gasteiger partial charge in [0.1, 0.15) is 0 Å². The van der Waals surface area contributed by atoms with Crippen LogP contribution in [0, 0.1) is 0 Å². The smallest absolute Gasteiger partial charge is 0.422 e. The third-order valence-corrected chi connectivity index (χ3v) is 1.15. The first kappa shape index (κ1) is 9.19. The van der Waals surface area contributed by atoms with Crippen LogP contribution in [0.4, 0.5) is 0 Å². The van der Waals surface area contributed by atoms with Crippen molar-refractivity contribution in [1.82, 2.24) is 5.01 Å². The van der Waals surface area contributed by atoms with Gasteiger partial charge in [0.15, 0.2) is 0 Å². The number of nitrogens with zero attached hydrogens (tertiary/aromatic N) is 2. The van der Waals surface area contributed by atoms with Crippen molar-refractivity contribution in [2.45, 2.75) is 6.92 Å². The zero-order chi connectivity index (χ0) is 8.15. The molecular formula is C5H11BN2O2. The Bertz CT molecular complexity index is 147. The van der Waals surface area contributed by atoms with Crippen LogP contribution in [0.5, 0.6) is 0 Å². The van der Waals surface area contributed by atoms with Gasteiger partial charge in [-0.1, -0.05) is 6.08 Å². The Hall–Kier alpha value is -0.805. The van der Waals surface area contributed by atoms with Crippen LogP contribution in [0.3, 0.4) is 0 Å². The van der Waals surface area contributed by atoms with Crippen LogP contribution in [-0.4, -0.2) is 35.9 Å². The number of hydrogen-bond acceptors (Lipinski definition) is 4. The van der Waals surface area contributed by atoms with E-state index in [-0.39, 0.29) is 0 Å². The van der Waals surface area contributed by atoms with Gasteiger partial charge in [0.25, 0.3) is 0 Å². The van der Waals surface area contributed by atoms with E-state index in [2.05, 4.69) is 11.8 Å². The minimum absolute atomic E-state index is 0.315. The lowest BCUT2D eigenvalue weighted by molar-refractivity contribution is 0.375. The van der Waals surface area contributed by atoms with Gasteiger partial charge in [-0.05, 0) is 6.92 Å². The van der Waals surface area contributed by atoms with E-state index in [0.29, 0.717) is 5.60 Å². The Morgan fingerprint density at radius 2 is 2.20 bits per heavy atom. The lowest BCUT2D eigenvalue weighted by Gasteiger charge is -2.14. The highest BCUT2D eigenvalue weighted by Crippen LogP contribution is 2.01. The standard InChI is InChI=1S/C5H11BN2O2/c1-4-5(6(9)10)8(3)7-2/h4,9-10H,2H2,1,3H3/b5-4-. The molecule has 0 aliphatic carbocycles. The maximum Gasteiger partial charge on any atom is 0.507 e. The summed E-state index contributed by atoms with van der Waals surface area (Å²) in [4.78, 5) is 0. The number of hydrogen-bond donors (Lipinski definition) is 2. The second-order valence-corrected chi connectivity index (χ2v) is 1.75. The van der Waals surface area contributed by atoms with Gasteiger partial charge in [-0.3, -0.25) is 5.01 Å². The molecule has 0 fully saturated rings. The first-order valence-corrected chi connectivity index (χ1v) is 2.86. The van der Waals surface area contributed by atoms with Gasteiger partial charge in [-0.15, -0.1) is 0 Å². The summed E-state index contributed by atoms with van der Waals surface area (Å²) in [5.41, 5.74) is 0.315. The summed E-state index contributed by atoms with van der Waals surface area (Å²) >= 11 is 0. The fraction of sp³-hybridized carbons (Fsp3) is 0.400. The molecule has 0 amide bonds. The number of hydrazone groups is 1. The molecule has 0 radical (unpaired) electrons. The molecule has 4 nitrogen and oxygen atoms in total. The van der Waals surface area contributed by atoms with Gasteiger partial charge in [0, 0.05) is 13.8 Å². The van der Waals surface area contributed by atoms with E-state index < -0.39 is 7.12 Å². The molecule has 0 saturated carbocycles. The number of allylic oxidation sites excluding steroid dienone is 1. The topological polar surface area (TPSA) is 56.1 Å².